The lowest BCUT2D eigenvalue weighted by Crippen LogP contribution is -1.84. The Hall–Kier alpha value is -2.30. The van der Waals surface area contributed by atoms with E-state index in [1.807, 2.05) is 43.3 Å². The first kappa shape index (κ1) is 13.1. The van der Waals surface area contributed by atoms with Crippen LogP contribution in [0, 0.1) is 6.92 Å². The minimum absolute atomic E-state index is 0.361. The molecule has 6 heteroatoms. The lowest BCUT2D eigenvalue weighted by Gasteiger charge is -1.99. The second kappa shape index (κ2) is 6.04. The minimum Gasteiger partial charge on any atom is -0.375 e. The predicted octanol–water partition coefficient (Wildman–Crippen LogP) is 4.02. The fourth-order valence-electron chi connectivity index (χ4n) is 1.71. The molecule has 0 saturated heterocycles. The Labute approximate surface area is 115 Å². The van der Waals surface area contributed by atoms with Gasteiger partial charge in [0.25, 0.3) is 0 Å². The van der Waals surface area contributed by atoms with Gasteiger partial charge in [-0.25, -0.2) is 4.98 Å². The van der Waals surface area contributed by atoms with Crippen LogP contribution in [-0.2, 0) is 0 Å². The van der Waals surface area contributed by atoms with Gasteiger partial charge in [0.2, 0.25) is 0 Å². The number of thiazole rings is 1. The van der Waals surface area contributed by atoms with Gasteiger partial charge >= 0.3 is 0 Å². The van der Waals surface area contributed by atoms with E-state index in [1.54, 1.807) is 0 Å². The molecule has 0 atom stereocenters. The van der Waals surface area contributed by atoms with Crippen LogP contribution in [0.4, 0.5) is 5.13 Å². The van der Waals surface area contributed by atoms with Crippen LogP contribution in [-0.4, -0.2) is 11.5 Å². The molecule has 1 heterocycles. The Morgan fingerprint density at radius 3 is 2.74 bits per heavy atom. The van der Waals surface area contributed by atoms with Crippen LogP contribution >= 0.6 is 11.3 Å². The van der Waals surface area contributed by atoms with E-state index in [1.165, 1.54) is 11.3 Å². The Morgan fingerprint density at radius 1 is 1.42 bits per heavy atom. The molecule has 0 radical (unpaired) electrons. The number of aromatic nitrogens is 1. The molecule has 0 bridgehead atoms. The van der Waals surface area contributed by atoms with Gasteiger partial charge in [0, 0.05) is 21.9 Å². The first-order valence-electron chi connectivity index (χ1n) is 5.71. The van der Waals surface area contributed by atoms with Crippen LogP contribution in [0.1, 0.15) is 10.4 Å². The molecule has 2 N–H and O–H groups in total. The van der Waals surface area contributed by atoms with Gasteiger partial charge in [0.05, 0.1) is 5.69 Å². The molecular weight excluding hydrogens is 258 g/mol. The molecule has 1 aromatic carbocycles. The highest BCUT2D eigenvalue weighted by atomic mass is 32.1. The standard InChI is InChI=1S/C13H13N5S/c1-9-12(17-13(14)19-9)11-6-4-10(5-7-11)3-2-8-16-18-15/h2-7H,8H2,1H3,(H2,14,17). The van der Waals surface area contributed by atoms with Crippen LogP contribution in [0.15, 0.2) is 35.5 Å². The van der Waals surface area contributed by atoms with Gasteiger partial charge in [0.1, 0.15) is 0 Å². The molecule has 1 aromatic heterocycles. The van der Waals surface area contributed by atoms with Crippen LogP contribution in [0.2, 0.25) is 0 Å². The molecule has 5 nitrogen and oxygen atoms in total. The maximum absolute atomic E-state index is 8.16. The molecule has 0 unspecified atom stereocenters. The third-order valence-corrected chi connectivity index (χ3v) is 3.36. The van der Waals surface area contributed by atoms with Crippen molar-refractivity contribution in [1.29, 1.82) is 0 Å². The molecule has 2 rings (SSSR count). The fourth-order valence-corrected chi connectivity index (χ4v) is 2.42. The van der Waals surface area contributed by atoms with Crippen molar-refractivity contribution in [2.45, 2.75) is 6.92 Å². The molecule has 0 aliphatic heterocycles. The second-order valence-electron chi connectivity index (χ2n) is 3.89. The largest absolute Gasteiger partial charge is 0.375 e. The lowest BCUT2D eigenvalue weighted by molar-refractivity contribution is 1.22. The average Bonchev–Trinajstić information content (AvgIpc) is 2.75. The summed E-state index contributed by atoms with van der Waals surface area (Å²) in [6, 6.07) is 8.01. The van der Waals surface area contributed by atoms with Crippen molar-refractivity contribution in [3.63, 3.8) is 0 Å². The summed E-state index contributed by atoms with van der Waals surface area (Å²) >= 11 is 1.49. The van der Waals surface area contributed by atoms with Crippen molar-refractivity contribution in [2.24, 2.45) is 5.11 Å². The molecular formula is C13H13N5S. The van der Waals surface area contributed by atoms with Crippen molar-refractivity contribution in [3.8, 4) is 11.3 Å². The van der Waals surface area contributed by atoms with Gasteiger partial charge < -0.3 is 5.73 Å². The Kier molecular flexibility index (Phi) is 4.18. The Morgan fingerprint density at radius 2 is 2.16 bits per heavy atom. The van der Waals surface area contributed by atoms with E-state index in [9.17, 15) is 0 Å². The van der Waals surface area contributed by atoms with Crippen LogP contribution in [0.5, 0.6) is 0 Å². The maximum Gasteiger partial charge on any atom is 0.180 e. The van der Waals surface area contributed by atoms with Gasteiger partial charge in [-0.15, -0.1) is 11.3 Å². The summed E-state index contributed by atoms with van der Waals surface area (Å²) in [5, 5.41) is 4.03. The summed E-state index contributed by atoms with van der Waals surface area (Å²) in [4.78, 5) is 8.12. The van der Waals surface area contributed by atoms with Crippen LogP contribution < -0.4 is 5.73 Å². The summed E-state index contributed by atoms with van der Waals surface area (Å²) in [7, 11) is 0. The number of nitrogens with two attached hydrogens (primary N) is 1. The molecule has 0 aliphatic rings. The first-order chi connectivity index (χ1) is 9.20. The first-order valence-corrected chi connectivity index (χ1v) is 6.53. The number of nitrogen functional groups attached to an aromatic ring is 1. The summed E-state index contributed by atoms with van der Waals surface area (Å²) in [5.41, 5.74) is 16.9. The Balaban J connectivity index is 2.16. The molecule has 0 spiro atoms. The third-order valence-electron chi connectivity index (χ3n) is 2.56. The molecule has 0 aliphatic carbocycles. The van der Waals surface area contributed by atoms with Crippen molar-refractivity contribution >= 4 is 22.5 Å². The minimum atomic E-state index is 0.361. The highest BCUT2D eigenvalue weighted by molar-refractivity contribution is 7.15. The predicted molar refractivity (Wildman–Crippen MR) is 79.7 cm³/mol. The topological polar surface area (TPSA) is 87.7 Å². The van der Waals surface area contributed by atoms with E-state index in [-0.39, 0.29) is 0 Å². The quantitative estimate of drug-likeness (QED) is 0.517. The number of hydrogen-bond donors (Lipinski definition) is 1. The molecule has 0 fully saturated rings. The molecule has 96 valence electrons. The highest BCUT2D eigenvalue weighted by Crippen LogP contribution is 2.28. The van der Waals surface area contributed by atoms with E-state index in [2.05, 4.69) is 15.0 Å². The number of nitrogens with zero attached hydrogens (tertiary/aromatic N) is 4. The summed E-state index contributed by atoms with van der Waals surface area (Å²) in [6.07, 6.45) is 3.74. The number of benzene rings is 1. The number of rotatable bonds is 4. The molecule has 19 heavy (non-hydrogen) atoms. The van der Waals surface area contributed by atoms with Crippen LogP contribution in [0.3, 0.4) is 0 Å². The molecule has 0 saturated carbocycles. The molecule has 2 aromatic rings. The summed E-state index contributed by atoms with van der Waals surface area (Å²) in [6.45, 7) is 2.37. The van der Waals surface area contributed by atoms with E-state index < -0.39 is 0 Å². The number of hydrogen-bond acceptors (Lipinski definition) is 4. The van der Waals surface area contributed by atoms with E-state index in [4.69, 9.17) is 11.3 Å². The number of azide groups is 1. The summed E-state index contributed by atoms with van der Waals surface area (Å²) in [5.74, 6) is 0. The molecule has 0 amide bonds. The van der Waals surface area contributed by atoms with Gasteiger partial charge in [-0.05, 0) is 18.0 Å². The normalized spacial score (nSPS) is 10.6. The SMILES string of the molecule is Cc1sc(N)nc1-c1ccc(C=CCN=[N+]=[N-])cc1. The zero-order chi connectivity index (χ0) is 13.7. The van der Waals surface area contributed by atoms with Gasteiger partial charge in [-0.3, -0.25) is 0 Å². The average molecular weight is 271 g/mol. The lowest BCUT2D eigenvalue weighted by atomic mass is 10.1. The van der Waals surface area contributed by atoms with Gasteiger partial charge in [0.15, 0.2) is 5.13 Å². The van der Waals surface area contributed by atoms with Crippen molar-refractivity contribution in [1.82, 2.24) is 4.98 Å². The maximum atomic E-state index is 8.16. The third kappa shape index (κ3) is 3.34. The smallest absolute Gasteiger partial charge is 0.180 e. The number of aryl methyl sites for hydroxylation is 1. The second-order valence-corrected chi connectivity index (χ2v) is 5.13. The zero-order valence-corrected chi connectivity index (χ0v) is 11.3. The van der Waals surface area contributed by atoms with Crippen molar-refractivity contribution in [3.05, 3.63) is 51.2 Å². The highest BCUT2D eigenvalue weighted by Gasteiger charge is 2.07. The fraction of sp³-hybridized carbons (Fsp3) is 0.154. The van der Waals surface area contributed by atoms with E-state index in [0.717, 1.165) is 21.7 Å². The zero-order valence-electron chi connectivity index (χ0n) is 10.4. The monoisotopic (exact) mass is 271 g/mol. The van der Waals surface area contributed by atoms with Gasteiger partial charge in [-0.2, -0.15) is 0 Å². The Bertz CT molecular complexity index is 636. The van der Waals surface area contributed by atoms with Gasteiger partial charge in [-0.1, -0.05) is 41.5 Å². The number of anilines is 1. The van der Waals surface area contributed by atoms with E-state index >= 15 is 0 Å². The summed E-state index contributed by atoms with van der Waals surface area (Å²) < 4.78 is 0. The van der Waals surface area contributed by atoms with Crippen molar-refractivity contribution < 1.29 is 0 Å². The van der Waals surface area contributed by atoms with E-state index in [0.29, 0.717) is 11.7 Å². The van der Waals surface area contributed by atoms with Crippen molar-refractivity contribution in [2.75, 3.05) is 12.3 Å². The van der Waals surface area contributed by atoms with Crippen LogP contribution in [0.25, 0.3) is 27.8 Å².